The summed E-state index contributed by atoms with van der Waals surface area (Å²) >= 11 is 0. The van der Waals surface area contributed by atoms with E-state index in [-0.39, 0.29) is 17.7 Å². The van der Waals surface area contributed by atoms with Crippen molar-refractivity contribution in [3.05, 3.63) is 35.4 Å². The molecule has 1 unspecified atom stereocenters. The fourth-order valence-corrected chi connectivity index (χ4v) is 3.65. The van der Waals surface area contributed by atoms with E-state index in [1.807, 2.05) is 0 Å². The number of amides is 2. The molecule has 2 fully saturated rings. The van der Waals surface area contributed by atoms with Gasteiger partial charge in [0, 0.05) is 19.0 Å². The van der Waals surface area contributed by atoms with Gasteiger partial charge in [0.2, 0.25) is 11.8 Å². The summed E-state index contributed by atoms with van der Waals surface area (Å²) in [7, 11) is 0. The molecule has 2 amide bonds. The Labute approximate surface area is 162 Å². The number of piperidine rings is 1. The van der Waals surface area contributed by atoms with Crippen molar-refractivity contribution in [3.63, 3.8) is 0 Å². The molecule has 27 heavy (non-hydrogen) atoms. The van der Waals surface area contributed by atoms with Crippen LogP contribution in [0.15, 0.2) is 24.3 Å². The second-order valence-corrected chi connectivity index (χ2v) is 8.35. The minimum Gasteiger partial charge on any atom is -0.350 e. The van der Waals surface area contributed by atoms with Crippen LogP contribution in [0.25, 0.3) is 0 Å². The number of rotatable bonds is 7. The standard InChI is InChI=1S/C22H33N3O2/c1-16-10-12-25(13-11-16)15-19-8-6-18(7-9-19)14-23-21(26)17(2)24-22(27)20-4-3-5-20/h6-9,16-17,20H,3-5,10-15H2,1-2H3,(H,23,26)(H,24,27). The molecule has 0 spiro atoms. The lowest BCUT2D eigenvalue weighted by molar-refractivity contribution is -0.132. The van der Waals surface area contributed by atoms with Crippen LogP contribution in [0.5, 0.6) is 0 Å². The van der Waals surface area contributed by atoms with Crippen molar-refractivity contribution in [1.29, 1.82) is 0 Å². The van der Waals surface area contributed by atoms with Gasteiger partial charge in [-0.3, -0.25) is 14.5 Å². The van der Waals surface area contributed by atoms with E-state index in [9.17, 15) is 9.59 Å². The fraction of sp³-hybridized carbons (Fsp3) is 0.636. The molecule has 1 aromatic carbocycles. The number of carbonyl (C=O) groups excluding carboxylic acids is 2. The van der Waals surface area contributed by atoms with Gasteiger partial charge in [0.05, 0.1) is 0 Å². The maximum Gasteiger partial charge on any atom is 0.242 e. The van der Waals surface area contributed by atoms with Crippen molar-refractivity contribution in [2.45, 2.75) is 65.1 Å². The second kappa shape index (κ2) is 9.36. The summed E-state index contributed by atoms with van der Waals surface area (Å²) in [6.45, 7) is 7.94. The molecule has 2 N–H and O–H groups in total. The van der Waals surface area contributed by atoms with Crippen LogP contribution >= 0.6 is 0 Å². The Balaban J connectivity index is 1.40. The molecular formula is C22H33N3O2. The minimum absolute atomic E-state index is 0.0142. The third-order valence-corrected chi connectivity index (χ3v) is 6.00. The molecule has 148 valence electrons. The molecule has 1 atom stereocenters. The summed E-state index contributed by atoms with van der Waals surface area (Å²) < 4.78 is 0. The number of hydrogen-bond donors (Lipinski definition) is 2. The van der Waals surface area contributed by atoms with Gasteiger partial charge in [-0.15, -0.1) is 0 Å². The number of nitrogens with zero attached hydrogens (tertiary/aromatic N) is 1. The first-order chi connectivity index (χ1) is 13.0. The predicted molar refractivity (Wildman–Crippen MR) is 107 cm³/mol. The summed E-state index contributed by atoms with van der Waals surface area (Å²) in [6, 6.07) is 7.99. The highest BCUT2D eigenvalue weighted by Gasteiger charge is 2.27. The van der Waals surface area contributed by atoms with E-state index < -0.39 is 6.04 Å². The molecule has 5 heteroatoms. The third-order valence-electron chi connectivity index (χ3n) is 6.00. The normalized spacial score (nSPS) is 19.9. The molecule has 1 aromatic rings. The number of likely N-dealkylation sites (tertiary alicyclic amines) is 1. The highest BCUT2D eigenvalue weighted by Crippen LogP contribution is 2.26. The van der Waals surface area contributed by atoms with Gasteiger partial charge >= 0.3 is 0 Å². The zero-order chi connectivity index (χ0) is 19.2. The topological polar surface area (TPSA) is 61.4 Å². The van der Waals surface area contributed by atoms with E-state index in [4.69, 9.17) is 0 Å². The first-order valence-corrected chi connectivity index (χ1v) is 10.4. The number of carbonyl (C=O) groups is 2. The van der Waals surface area contributed by atoms with Gasteiger partial charge in [0.25, 0.3) is 0 Å². The molecule has 2 aliphatic rings. The van der Waals surface area contributed by atoms with Crippen molar-refractivity contribution in [2.75, 3.05) is 13.1 Å². The highest BCUT2D eigenvalue weighted by molar-refractivity contribution is 5.88. The number of hydrogen-bond acceptors (Lipinski definition) is 3. The SMILES string of the molecule is CC1CCN(Cc2ccc(CNC(=O)C(C)NC(=O)C3CCC3)cc2)CC1. The van der Waals surface area contributed by atoms with Crippen LogP contribution in [0.4, 0.5) is 0 Å². The van der Waals surface area contributed by atoms with E-state index in [0.29, 0.717) is 6.54 Å². The Morgan fingerprint density at radius 3 is 2.30 bits per heavy atom. The Morgan fingerprint density at radius 2 is 1.70 bits per heavy atom. The molecule has 5 nitrogen and oxygen atoms in total. The van der Waals surface area contributed by atoms with Crippen molar-refractivity contribution in [1.82, 2.24) is 15.5 Å². The predicted octanol–water partition coefficient (Wildman–Crippen LogP) is 2.84. The maximum atomic E-state index is 12.2. The van der Waals surface area contributed by atoms with E-state index in [0.717, 1.165) is 37.3 Å². The molecular weight excluding hydrogens is 338 g/mol. The zero-order valence-corrected chi connectivity index (χ0v) is 16.7. The van der Waals surface area contributed by atoms with E-state index in [1.165, 1.54) is 31.5 Å². The summed E-state index contributed by atoms with van der Waals surface area (Å²) in [4.78, 5) is 26.7. The molecule has 1 aliphatic heterocycles. The Morgan fingerprint density at radius 1 is 1.07 bits per heavy atom. The van der Waals surface area contributed by atoms with Crippen LogP contribution in [0, 0.1) is 11.8 Å². The average molecular weight is 372 g/mol. The van der Waals surface area contributed by atoms with Gasteiger partial charge in [-0.1, -0.05) is 37.6 Å². The van der Waals surface area contributed by atoms with Crippen molar-refractivity contribution >= 4 is 11.8 Å². The Kier molecular flexibility index (Phi) is 6.89. The van der Waals surface area contributed by atoms with E-state index in [2.05, 4.69) is 46.7 Å². The molecule has 1 heterocycles. The molecule has 3 rings (SSSR count). The largest absolute Gasteiger partial charge is 0.350 e. The molecule has 1 saturated carbocycles. The van der Waals surface area contributed by atoms with Crippen LogP contribution in [0.1, 0.15) is 57.1 Å². The van der Waals surface area contributed by atoms with Gasteiger partial charge in [-0.2, -0.15) is 0 Å². The second-order valence-electron chi connectivity index (χ2n) is 8.35. The van der Waals surface area contributed by atoms with Gasteiger partial charge in [-0.25, -0.2) is 0 Å². The van der Waals surface area contributed by atoms with Crippen molar-refractivity contribution in [3.8, 4) is 0 Å². The van der Waals surface area contributed by atoms with Crippen LogP contribution in [0.2, 0.25) is 0 Å². The first-order valence-electron chi connectivity index (χ1n) is 10.4. The van der Waals surface area contributed by atoms with Gasteiger partial charge in [0.15, 0.2) is 0 Å². The smallest absolute Gasteiger partial charge is 0.242 e. The first kappa shape index (κ1) is 19.9. The quantitative estimate of drug-likeness (QED) is 0.775. The highest BCUT2D eigenvalue weighted by atomic mass is 16.2. The lowest BCUT2D eigenvalue weighted by atomic mass is 9.84. The summed E-state index contributed by atoms with van der Waals surface area (Å²) in [5, 5.41) is 5.74. The van der Waals surface area contributed by atoms with Crippen molar-refractivity contribution < 1.29 is 9.59 Å². The summed E-state index contributed by atoms with van der Waals surface area (Å²) in [5.41, 5.74) is 2.40. The average Bonchev–Trinajstić information content (AvgIpc) is 2.61. The zero-order valence-electron chi connectivity index (χ0n) is 16.7. The monoisotopic (exact) mass is 371 g/mol. The third kappa shape index (κ3) is 5.80. The lowest BCUT2D eigenvalue weighted by Crippen LogP contribution is -2.47. The summed E-state index contributed by atoms with van der Waals surface area (Å²) in [5.74, 6) is 0.846. The minimum atomic E-state index is -0.487. The van der Waals surface area contributed by atoms with E-state index >= 15 is 0 Å². The van der Waals surface area contributed by atoms with Gasteiger partial charge in [-0.05, 0) is 62.7 Å². The number of nitrogens with one attached hydrogen (secondary N) is 2. The number of benzene rings is 1. The van der Waals surface area contributed by atoms with Gasteiger partial charge in [0.1, 0.15) is 6.04 Å². The van der Waals surface area contributed by atoms with Gasteiger partial charge < -0.3 is 10.6 Å². The van der Waals surface area contributed by atoms with Crippen LogP contribution in [-0.2, 0) is 22.7 Å². The molecule has 0 aromatic heterocycles. The molecule has 0 bridgehead atoms. The Hall–Kier alpha value is -1.88. The molecule has 1 saturated heterocycles. The van der Waals surface area contributed by atoms with E-state index in [1.54, 1.807) is 6.92 Å². The summed E-state index contributed by atoms with van der Waals surface area (Å²) in [6.07, 6.45) is 5.59. The van der Waals surface area contributed by atoms with Crippen LogP contribution in [0.3, 0.4) is 0 Å². The van der Waals surface area contributed by atoms with Crippen molar-refractivity contribution in [2.24, 2.45) is 11.8 Å². The Bertz CT molecular complexity index is 631. The molecule has 1 aliphatic carbocycles. The fourth-order valence-electron chi connectivity index (χ4n) is 3.65. The molecule has 0 radical (unpaired) electrons. The lowest BCUT2D eigenvalue weighted by Gasteiger charge is -2.30. The maximum absolute atomic E-state index is 12.2. The van der Waals surface area contributed by atoms with Crippen LogP contribution < -0.4 is 10.6 Å². The van der Waals surface area contributed by atoms with Crippen LogP contribution in [-0.4, -0.2) is 35.8 Å².